The highest BCUT2D eigenvalue weighted by atomic mass is 35.5. The maximum absolute atomic E-state index is 14.4. The van der Waals surface area contributed by atoms with Crippen molar-refractivity contribution in [1.29, 1.82) is 0 Å². The molecule has 1 aromatic heterocycles. The van der Waals surface area contributed by atoms with Gasteiger partial charge in [-0.1, -0.05) is 29.8 Å². The van der Waals surface area contributed by atoms with Gasteiger partial charge in [-0.25, -0.2) is 9.18 Å². The van der Waals surface area contributed by atoms with E-state index in [0.717, 1.165) is 9.25 Å². The number of aromatic nitrogens is 3. The molecule has 11 heteroatoms. The Morgan fingerprint density at radius 1 is 1.14 bits per heavy atom. The molecule has 9 nitrogen and oxygen atoms in total. The minimum Gasteiger partial charge on any atom is -0.466 e. The predicted octanol–water partition coefficient (Wildman–Crippen LogP) is 2.65. The third kappa shape index (κ3) is 5.23. The first kappa shape index (κ1) is 25.3. The maximum Gasteiger partial charge on any atom is 0.352 e. The van der Waals surface area contributed by atoms with Crippen LogP contribution in [0, 0.1) is 11.7 Å². The Kier molecular flexibility index (Phi) is 7.64. The summed E-state index contributed by atoms with van der Waals surface area (Å²) in [6.07, 6.45) is 1.09. The smallest absolute Gasteiger partial charge is 0.352 e. The van der Waals surface area contributed by atoms with Crippen molar-refractivity contribution >= 4 is 23.5 Å². The van der Waals surface area contributed by atoms with E-state index < -0.39 is 47.1 Å². The molecular weight excluding hydrogens is 491 g/mol. The number of carbonyl (C=O) groups excluding carboxylic acids is 2. The van der Waals surface area contributed by atoms with E-state index in [0.29, 0.717) is 24.4 Å². The van der Waals surface area contributed by atoms with Crippen LogP contribution in [0.25, 0.3) is 5.69 Å². The third-order valence-corrected chi connectivity index (χ3v) is 6.20. The molecule has 1 atom stereocenters. The zero-order valence-electron chi connectivity index (χ0n) is 19.5. The van der Waals surface area contributed by atoms with E-state index in [4.69, 9.17) is 16.3 Å². The fourth-order valence-corrected chi connectivity index (χ4v) is 4.23. The Labute approximate surface area is 210 Å². The number of halogens is 2. The van der Waals surface area contributed by atoms with Crippen molar-refractivity contribution in [1.82, 2.24) is 19.2 Å². The van der Waals surface area contributed by atoms with Crippen LogP contribution in [0.15, 0.2) is 58.1 Å². The van der Waals surface area contributed by atoms with Gasteiger partial charge < -0.3 is 9.64 Å². The van der Waals surface area contributed by atoms with Gasteiger partial charge in [0.2, 0.25) is 5.69 Å². The van der Waals surface area contributed by atoms with E-state index in [1.807, 2.05) is 0 Å². The van der Waals surface area contributed by atoms with Crippen molar-refractivity contribution in [2.45, 2.75) is 26.3 Å². The van der Waals surface area contributed by atoms with Crippen molar-refractivity contribution in [2.24, 2.45) is 5.92 Å². The molecule has 2 heterocycles. The molecule has 3 aromatic rings. The number of benzene rings is 2. The van der Waals surface area contributed by atoms with Crippen LogP contribution < -0.4 is 11.2 Å². The lowest BCUT2D eigenvalue weighted by Crippen LogP contribution is -2.49. The average Bonchev–Trinajstić information content (AvgIpc) is 2.88. The van der Waals surface area contributed by atoms with Crippen molar-refractivity contribution in [3.8, 4) is 5.69 Å². The topological polar surface area (TPSA) is 104 Å². The number of rotatable bonds is 6. The first-order valence-electron chi connectivity index (χ1n) is 11.5. The highest BCUT2D eigenvalue weighted by molar-refractivity contribution is 6.30. The summed E-state index contributed by atoms with van der Waals surface area (Å²) in [6, 6.07) is 11.8. The quantitative estimate of drug-likeness (QED) is 0.468. The standard InChI is InChI=1S/C25H24ClFN4O5/c1-2-36-24(34)17-7-5-13-29(14-17)22(32)21-23(33)30(15-16-6-3-4-8-20(16)27)25(35)31(28-21)19-11-9-18(26)10-12-19/h3-4,6,8-12,17H,2,5,7,13-15H2,1H3. The van der Waals surface area contributed by atoms with Crippen LogP contribution in [0.3, 0.4) is 0 Å². The van der Waals surface area contributed by atoms with Crippen molar-refractivity contribution in [3.63, 3.8) is 0 Å². The molecule has 0 bridgehead atoms. The van der Waals surface area contributed by atoms with Gasteiger partial charge in [-0.05, 0) is 50.1 Å². The second-order valence-corrected chi connectivity index (χ2v) is 8.78. The van der Waals surface area contributed by atoms with Crippen LogP contribution in [0.2, 0.25) is 5.02 Å². The number of piperidine rings is 1. The van der Waals surface area contributed by atoms with Crippen LogP contribution in [0.1, 0.15) is 35.8 Å². The Bertz CT molecular complexity index is 1400. The number of ether oxygens (including phenoxy) is 1. The number of likely N-dealkylation sites (tertiary alicyclic amines) is 1. The molecule has 0 spiro atoms. The molecule has 36 heavy (non-hydrogen) atoms. The molecule has 0 saturated carbocycles. The highest BCUT2D eigenvalue weighted by Crippen LogP contribution is 2.19. The SMILES string of the molecule is CCOC(=O)C1CCCN(C(=O)c2nn(-c3ccc(Cl)cc3)c(=O)n(Cc3ccccc3F)c2=O)C1. The summed E-state index contributed by atoms with van der Waals surface area (Å²) in [4.78, 5) is 53.7. The summed E-state index contributed by atoms with van der Waals surface area (Å²) >= 11 is 5.96. The molecule has 1 amide bonds. The third-order valence-electron chi connectivity index (χ3n) is 5.95. The monoisotopic (exact) mass is 514 g/mol. The van der Waals surface area contributed by atoms with Crippen LogP contribution in [0.5, 0.6) is 0 Å². The van der Waals surface area contributed by atoms with E-state index in [-0.39, 0.29) is 24.4 Å². The van der Waals surface area contributed by atoms with Gasteiger partial charge in [0.25, 0.3) is 11.5 Å². The van der Waals surface area contributed by atoms with E-state index >= 15 is 0 Å². The van der Waals surface area contributed by atoms with E-state index in [1.165, 1.54) is 47.4 Å². The van der Waals surface area contributed by atoms with Crippen molar-refractivity contribution < 1.29 is 18.7 Å². The van der Waals surface area contributed by atoms with Gasteiger partial charge in [-0.15, -0.1) is 0 Å². The number of nitrogens with zero attached hydrogens (tertiary/aromatic N) is 4. The molecule has 0 aliphatic carbocycles. The lowest BCUT2D eigenvalue weighted by Gasteiger charge is -2.31. The maximum atomic E-state index is 14.4. The zero-order valence-corrected chi connectivity index (χ0v) is 20.3. The number of carbonyl (C=O) groups is 2. The van der Waals surface area contributed by atoms with Gasteiger partial charge >= 0.3 is 11.7 Å². The van der Waals surface area contributed by atoms with Gasteiger partial charge in [-0.3, -0.25) is 19.0 Å². The number of hydrogen-bond acceptors (Lipinski definition) is 6. The van der Waals surface area contributed by atoms with Gasteiger partial charge in [0.05, 0.1) is 24.8 Å². The zero-order chi connectivity index (χ0) is 25.8. The summed E-state index contributed by atoms with van der Waals surface area (Å²) in [5, 5.41) is 4.52. The largest absolute Gasteiger partial charge is 0.466 e. The molecule has 188 valence electrons. The van der Waals surface area contributed by atoms with Crippen molar-refractivity contribution in [2.75, 3.05) is 19.7 Å². The van der Waals surface area contributed by atoms with Crippen LogP contribution in [0.4, 0.5) is 4.39 Å². The molecule has 1 aliphatic rings. The second-order valence-electron chi connectivity index (χ2n) is 8.34. The van der Waals surface area contributed by atoms with Crippen LogP contribution >= 0.6 is 11.6 Å². The summed E-state index contributed by atoms with van der Waals surface area (Å²) in [6.45, 7) is 1.89. The van der Waals surface area contributed by atoms with Crippen LogP contribution in [-0.2, 0) is 16.1 Å². The normalized spacial score (nSPS) is 15.5. The Balaban J connectivity index is 1.79. The molecule has 0 N–H and O–H groups in total. The molecule has 0 radical (unpaired) electrons. The molecular formula is C25H24ClFN4O5. The van der Waals surface area contributed by atoms with Crippen LogP contribution in [-0.4, -0.2) is 50.8 Å². The van der Waals surface area contributed by atoms with Gasteiger partial charge in [0.15, 0.2) is 0 Å². The highest BCUT2D eigenvalue weighted by Gasteiger charge is 2.32. The first-order valence-corrected chi connectivity index (χ1v) is 11.9. The average molecular weight is 515 g/mol. The molecule has 1 unspecified atom stereocenters. The second kappa shape index (κ2) is 10.9. The molecule has 4 rings (SSSR count). The van der Waals surface area contributed by atoms with E-state index in [9.17, 15) is 23.6 Å². The Morgan fingerprint density at radius 2 is 1.86 bits per heavy atom. The minimum atomic E-state index is -0.947. The fraction of sp³-hybridized carbons (Fsp3) is 0.320. The summed E-state index contributed by atoms with van der Waals surface area (Å²) in [7, 11) is 0. The minimum absolute atomic E-state index is 0.0617. The van der Waals surface area contributed by atoms with Gasteiger partial charge in [0.1, 0.15) is 5.82 Å². The molecule has 2 aromatic carbocycles. The number of esters is 1. The van der Waals surface area contributed by atoms with E-state index in [2.05, 4.69) is 5.10 Å². The lowest BCUT2D eigenvalue weighted by atomic mass is 9.98. The summed E-state index contributed by atoms with van der Waals surface area (Å²) in [5.41, 5.74) is -1.93. The van der Waals surface area contributed by atoms with E-state index in [1.54, 1.807) is 13.0 Å². The summed E-state index contributed by atoms with van der Waals surface area (Å²) < 4.78 is 21.1. The predicted molar refractivity (Wildman–Crippen MR) is 130 cm³/mol. The van der Waals surface area contributed by atoms with Gasteiger partial charge in [-0.2, -0.15) is 9.78 Å². The fourth-order valence-electron chi connectivity index (χ4n) is 4.10. The van der Waals surface area contributed by atoms with Gasteiger partial charge in [0, 0.05) is 23.7 Å². The molecule has 1 aliphatic heterocycles. The number of amides is 1. The first-order chi connectivity index (χ1) is 17.3. The lowest BCUT2D eigenvalue weighted by molar-refractivity contribution is -0.149. The summed E-state index contributed by atoms with van der Waals surface area (Å²) in [5.74, 6) is -2.25. The molecule has 1 saturated heterocycles. The molecule has 1 fully saturated rings. The number of hydrogen-bond donors (Lipinski definition) is 0. The Hall–Kier alpha value is -3.79. The Morgan fingerprint density at radius 3 is 2.56 bits per heavy atom. The van der Waals surface area contributed by atoms with Crippen molar-refractivity contribution in [3.05, 3.63) is 91.5 Å².